The smallest absolute Gasteiger partial charge is 0.169 e. The first-order valence-electron chi connectivity index (χ1n) is 9.69. The second kappa shape index (κ2) is 9.58. The predicted molar refractivity (Wildman–Crippen MR) is 114 cm³/mol. The number of allylic oxidation sites excluding steroid dienone is 1. The van der Waals surface area contributed by atoms with E-state index < -0.39 is 5.82 Å². The summed E-state index contributed by atoms with van der Waals surface area (Å²) < 4.78 is 27.2. The number of aryl methyl sites for hydroxylation is 1. The molecule has 0 amide bonds. The lowest BCUT2D eigenvalue weighted by Crippen LogP contribution is -2.45. The Balaban J connectivity index is 2.01. The monoisotopic (exact) mass is 414 g/mol. The predicted octanol–water partition coefficient (Wildman–Crippen LogP) is 2.07. The molecule has 0 N–H and O–H groups in total. The van der Waals surface area contributed by atoms with E-state index in [1.54, 1.807) is 36.9 Å². The summed E-state index contributed by atoms with van der Waals surface area (Å²) in [6.07, 6.45) is 3.79. The molecule has 1 aromatic heterocycles. The van der Waals surface area contributed by atoms with Gasteiger partial charge >= 0.3 is 0 Å². The first-order valence-corrected chi connectivity index (χ1v) is 9.69. The van der Waals surface area contributed by atoms with E-state index in [9.17, 15) is 4.79 Å². The van der Waals surface area contributed by atoms with Crippen LogP contribution in [0.2, 0.25) is 0 Å². The molecule has 3 rings (SSSR count). The second-order valence-electron chi connectivity index (χ2n) is 7.14. The number of benzene rings is 1. The Kier molecular flexibility index (Phi) is 6.89. The van der Waals surface area contributed by atoms with Crippen molar-refractivity contribution < 1.29 is 18.7 Å². The number of nitrogens with zero attached hydrogens (tertiary/aromatic N) is 4. The molecule has 160 valence electrons. The molecule has 1 aliphatic rings. The number of aldehydes is 1. The van der Waals surface area contributed by atoms with Gasteiger partial charge in [0.25, 0.3) is 0 Å². The van der Waals surface area contributed by atoms with Crippen LogP contribution in [-0.4, -0.2) is 63.2 Å². The van der Waals surface area contributed by atoms with Crippen molar-refractivity contribution >= 4 is 17.7 Å². The van der Waals surface area contributed by atoms with E-state index >= 15 is 4.39 Å². The maximum Gasteiger partial charge on any atom is 0.169 e. The van der Waals surface area contributed by atoms with Gasteiger partial charge in [-0.1, -0.05) is 0 Å². The van der Waals surface area contributed by atoms with Gasteiger partial charge in [-0.25, -0.2) is 9.38 Å². The number of halogens is 1. The van der Waals surface area contributed by atoms with Crippen molar-refractivity contribution in [1.82, 2.24) is 9.47 Å². The fourth-order valence-electron chi connectivity index (χ4n) is 3.40. The number of piperazine rings is 1. The molecule has 0 radical (unpaired) electrons. The summed E-state index contributed by atoms with van der Waals surface area (Å²) in [5.74, 6) is 0.600. The van der Waals surface area contributed by atoms with Gasteiger partial charge in [-0.2, -0.15) is 0 Å². The molecule has 7 nitrogen and oxygen atoms in total. The number of methoxy groups -OCH3 is 2. The summed E-state index contributed by atoms with van der Waals surface area (Å²) in [6.45, 7) is 3.55. The van der Waals surface area contributed by atoms with Gasteiger partial charge in [0, 0.05) is 57.1 Å². The average Bonchev–Trinajstić information content (AvgIpc) is 2.75. The molecule has 2 heterocycles. The molecule has 0 spiro atoms. The maximum atomic E-state index is 15.0. The summed E-state index contributed by atoms with van der Waals surface area (Å²) in [6, 6.07) is 6.66. The zero-order chi connectivity index (χ0) is 21.7. The van der Waals surface area contributed by atoms with Crippen molar-refractivity contribution in [3.63, 3.8) is 0 Å². The molecule has 0 saturated carbocycles. The fraction of sp³-hybridized carbons (Fsp3) is 0.364. The van der Waals surface area contributed by atoms with Crippen LogP contribution < -0.4 is 19.9 Å². The van der Waals surface area contributed by atoms with Gasteiger partial charge in [-0.05, 0) is 25.2 Å². The number of aromatic nitrogens is 1. The average molecular weight is 414 g/mol. The quantitative estimate of drug-likeness (QED) is 0.535. The van der Waals surface area contributed by atoms with Crippen molar-refractivity contribution in [3.05, 3.63) is 53.4 Å². The number of likely N-dealkylation sites (N-methyl/N-ethyl adjacent to an activating group) is 1. The molecular weight excluding hydrogens is 387 g/mol. The number of anilines is 1. The first kappa shape index (κ1) is 21.6. The van der Waals surface area contributed by atoms with Crippen molar-refractivity contribution in [1.29, 1.82) is 0 Å². The lowest BCUT2D eigenvalue weighted by atomic mass is 10.1. The molecule has 0 aliphatic carbocycles. The highest BCUT2D eigenvalue weighted by Crippen LogP contribution is 2.30. The Morgan fingerprint density at radius 1 is 1.07 bits per heavy atom. The Bertz CT molecular complexity index is 982. The molecule has 8 heteroatoms. The molecule has 1 aliphatic heterocycles. The Labute approximate surface area is 175 Å². The Morgan fingerprint density at radius 3 is 2.37 bits per heavy atom. The van der Waals surface area contributed by atoms with Crippen molar-refractivity contribution in [2.45, 2.75) is 0 Å². The number of hydrogen-bond acceptors (Lipinski definition) is 6. The van der Waals surface area contributed by atoms with E-state index in [1.165, 1.54) is 19.3 Å². The summed E-state index contributed by atoms with van der Waals surface area (Å²) in [4.78, 5) is 20.1. The highest BCUT2D eigenvalue weighted by molar-refractivity contribution is 5.81. The van der Waals surface area contributed by atoms with Crippen molar-refractivity contribution in [2.75, 3.05) is 52.3 Å². The van der Waals surface area contributed by atoms with Crippen LogP contribution in [0.4, 0.5) is 10.1 Å². The Hall–Kier alpha value is -3.13. The zero-order valence-corrected chi connectivity index (χ0v) is 17.8. The molecule has 1 saturated heterocycles. The standard InChI is InChI=1S/C22H27FN4O3/c1-25-8-10-27(11-9-25)17-14-18(23)22(26(2)15-17)24-19(7-12-28)16-5-6-20(29-3)21(13-16)30-4/h5-7,12-15H,8-11H2,1-4H3/b19-7-,24-22-. The van der Waals surface area contributed by atoms with Crippen LogP contribution in [0, 0.1) is 5.82 Å². The molecule has 30 heavy (non-hydrogen) atoms. The lowest BCUT2D eigenvalue weighted by molar-refractivity contribution is -0.104. The highest BCUT2D eigenvalue weighted by atomic mass is 19.1. The second-order valence-corrected chi connectivity index (χ2v) is 7.14. The number of hydrogen-bond donors (Lipinski definition) is 0. The SMILES string of the molecule is COc1ccc(C(=C/C=O)/N=c2/c(F)cc(N3CCN(C)CC3)cn2C)cc1OC. The van der Waals surface area contributed by atoms with Crippen LogP contribution >= 0.6 is 0 Å². The van der Waals surface area contributed by atoms with E-state index in [1.807, 2.05) is 6.20 Å². The van der Waals surface area contributed by atoms with Crippen molar-refractivity contribution in [2.24, 2.45) is 12.0 Å². The van der Waals surface area contributed by atoms with Crippen LogP contribution in [-0.2, 0) is 11.8 Å². The summed E-state index contributed by atoms with van der Waals surface area (Å²) in [7, 11) is 6.89. The zero-order valence-electron chi connectivity index (χ0n) is 17.8. The van der Waals surface area contributed by atoms with Gasteiger partial charge in [0.15, 0.2) is 22.8 Å². The summed E-state index contributed by atoms with van der Waals surface area (Å²) in [5.41, 5.74) is 1.89. The maximum absolute atomic E-state index is 15.0. The molecule has 2 aromatic rings. The van der Waals surface area contributed by atoms with E-state index in [0.29, 0.717) is 29.0 Å². The number of carbonyl (C=O) groups is 1. The van der Waals surface area contributed by atoms with Gasteiger partial charge in [0.05, 0.1) is 25.6 Å². The largest absolute Gasteiger partial charge is 0.493 e. The Morgan fingerprint density at radius 2 is 1.77 bits per heavy atom. The van der Waals surface area contributed by atoms with Gasteiger partial charge in [0.1, 0.15) is 6.29 Å². The van der Waals surface area contributed by atoms with Gasteiger partial charge in [-0.3, -0.25) is 4.79 Å². The van der Waals surface area contributed by atoms with E-state index in [4.69, 9.17) is 9.47 Å². The molecule has 1 aromatic carbocycles. The van der Waals surface area contributed by atoms with Crippen LogP contribution in [0.25, 0.3) is 5.70 Å². The molecule has 0 bridgehead atoms. The minimum atomic E-state index is -0.453. The van der Waals surface area contributed by atoms with E-state index in [-0.39, 0.29) is 5.49 Å². The van der Waals surface area contributed by atoms with Crippen LogP contribution in [0.15, 0.2) is 41.5 Å². The fourth-order valence-corrected chi connectivity index (χ4v) is 3.40. The summed E-state index contributed by atoms with van der Waals surface area (Å²) in [5, 5.41) is 0. The topological polar surface area (TPSA) is 59.3 Å². The number of pyridine rings is 1. The van der Waals surface area contributed by atoms with E-state index in [2.05, 4.69) is 21.8 Å². The molecule has 1 fully saturated rings. The number of rotatable bonds is 6. The number of ether oxygens (including phenoxy) is 2. The third-order valence-corrected chi connectivity index (χ3v) is 5.15. The molecular formula is C22H27FN4O3. The van der Waals surface area contributed by atoms with Crippen LogP contribution in [0.5, 0.6) is 11.5 Å². The summed E-state index contributed by atoms with van der Waals surface area (Å²) >= 11 is 0. The van der Waals surface area contributed by atoms with Gasteiger partial charge < -0.3 is 23.8 Å². The molecule has 0 atom stereocenters. The van der Waals surface area contributed by atoms with Crippen LogP contribution in [0.3, 0.4) is 0 Å². The number of carbonyl (C=O) groups excluding carboxylic acids is 1. The van der Waals surface area contributed by atoms with E-state index in [0.717, 1.165) is 31.9 Å². The van der Waals surface area contributed by atoms with Gasteiger partial charge in [0.2, 0.25) is 0 Å². The third-order valence-electron chi connectivity index (χ3n) is 5.15. The normalized spacial score (nSPS) is 16.0. The molecule has 0 unspecified atom stereocenters. The van der Waals surface area contributed by atoms with Gasteiger partial charge in [-0.15, -0.1) is 0 Å². The third kappa shape index (κ3) is 4.71. The van der Waals surface area contributed by atoms with Crippen molar-refractivity contribution in [3.8, 4) is 11.5 Å². The van der Waals surface area contributed by atoms with Crippen LogP contribution in [0.1, 0.15) is 5.56 Å². The lowest BCUT2D eigenvalue weighted by Gasteiger charge is -2.34. The first-order chi connectivity index (χ1) is 14.5. The minimum absolute atomic E-state index is 0.135. The minimum Gasteiger partial charge on any atom is -0.493 e. The highest BCUT2D eigenvalue weighted by Gasteiger charge is 2.16.